The molecule has 0 radical (unpaired) electrons. The number of rotatable bonds is 7. The lowest BCUT2D eigenvalue weighted by molar-refractivity contribution is -0.0381. The van der Waals surface area contributed by atoms with E-state index in [0.29, 0.717) is 12.8 Å². The normalized spacial score (nSPS) is 37.2. The summed E-state index contributed by atoms with van der Waals surface area (Å²) in [6, 6.07) is 6.31. The molecule has 0 saturated carbocycles. The summed E-state index contributed by atoms with van der Waals surface area (Å²) in [7, 11) is 1.05. The zero-order valence-corrected chi connectivity index (χ0v) is 18.5. The SMILES string of the molecule is B[C@H]1CC(O[PH](=O)OC[C@H]2O[C@](B)(c3ccc4c(c3)CNCC4)CC2O)[C@@H](CO)O1. The van der Waals surface area contributed by atoms with Gasteiger partial charge in [0.1, 0.15) is 27.9 Å². The van der Waals surface area contributed by atoms with Gasteiger partial charge in [0.05, 0.1) is 30.9 Å². The molecule has 0 spiro atoms. The average Bonchev–Trinajstić information content (AvgIpc) is 3.24. The third-order valence-electron chi connectivity index (χ3n) is 6.32. The fourth-order valence-electron chi connectivity index (χ4n) is 4.64. The number of nitrogens with one attached hydrogen (secondary N) is 1. The van der Waals surface area contributed by atoms with E-state index in [2.05, 4.69) is 23.5 Å². The molecule has 0 aromatic heterocycles. The predicted molar refractivity (Wildman–Crippen MR) is 116 cm³/mol. The minimum atomic E-state index is -2.80. The fourth-order valence-corrected chi connectivity index (χ4v) is 5.51. The van der Waals surface area contributed by atoms with Crippen LogP contribution in [-0.2, 0) is 41.6 Å². The predicted octanol–water partition coefficient (Wildman–Crippen LogP) is -1.20. The van der Waals surface area contributed by atoms with Crippen LogP contribution in [0, 0.1) is 0 Å². The number of ether oxygens (including phenoxy) is 2. The maximum absolute atomic E-state index is 12.3. The molecule has 0 aliphatic carbocycles. The summed E-state index contributed by atoms with van der Waals surface area (Å²) in [5.74, 6) is 0. The molecule has 3 aliphatic heterocycles. The van der Waals surface area contributed by atoms with Crippen molar-refractivity contribution in [2.75, 3.05) is 19.8 Å². The lowest BCUT2D eigenvalue weighted by Gasteiger charge is -2.28. The summed E-state index contributed by atoms with van der Waals surface area (Å²) >= 11 is 0. The highest BCUT2D eigenvalue weighted by molar-refractivity contribution is 7.33. The Kier molecular flexibility index (Phi) is 7.07. The number of benzene rings is 1. The summed E-state index contributed by atoms with van der Waals surface area (Å²) in [6.45, 7) is 1.62. The molecule has 8 nitrogen and oxygen atoms in total. The van der Waals surface area contributed by atoms with Crippen molar-refractivity contribution in [3.8, 4) is 0 Å². The summed E-state index contributed by atoms with van der Waals surface area (Å²) in [4.78, 5) is 0. The molecular formula is C19H30B2NO7P. The highest BCUT2D eigenvalue weighted by Gasteiger charge is 2.44. The van der Waals surface area contributed by atoms with Gasteiger partial charge in [0.25, 0.3) is 0 Å². The van der Waals surface area contributed by atoms with Gasteiger partial charge in [0, 0.05) is 19.0 Å². The molecule has 30 heavy (non-hydrogen) atoms. The van der Waals surface area contributed by atoms with Gasteiger partial charge in [-0.3, -0.25) is 4.57 Å². The van der Waals surface area contributed by atoms with Crippen LogP contribution in [0.3, 0.4) is 0 Å². The topological polar surface area (TPSA) is 106 Å². The van der Waals surface area contributed by atoms with Crippen molar-refractivity contribution in [1.29, 1.82) is 0 Å². The standard InChI is InChI=1S/C19H30B2NO7P/c20-18-6-15(16(9-23)27-18)29-30(25)26-10-17-14(24)7-19(21,28-17)13-2-1-11-3-4-22-8-12(11)5-13/h1-2,5,14-18,22-24,30H,3-4,6-10,20-21H2/t14?,15?,16-,17-,18-,19+/m1/s1. The van der Waals surface area contributed by atoms with Crippen LogP contribution in [0.2, 0.25) is 0 Å². The monoisotopic (exact) mass is 437 g/mol. The first-order valence-corrected chi connectivity index (χ1v) is 11.9. The number of aliphatic hydroxyl groups excluding tert-OH is 2. The number of hydrogen-bond acceptors (Lipinski definition) is 8. The van der Waals surface area contributed by atoms with Gasteiger partial charge in [0.2, 0.25) is 0 Å². The Morgan fingerprint density at radius 1 is 1.33 bits per heavy atom. The van der Waals surface area contributed by atoms with E-state index >= 15 is 0 Å². The molecule has 3 unspecified atom stereocenters. The van der Waals surface area contributed by atoms with Gasteiger partial charge in [-0.2, -0.15) is 0 Å². The molecule has 11 heteroatoms. The van der Waals surface area contributed by atoms with Crippen molar-refractivity contribution in [3.05, 3.63) is 34.9 Å². The Morgan fingerprint density at radius 2 is 2.17 bits per heavy atom. The number of fused-ring (bicyclic) bond motifs is 1. The minimum absolute atomic E-state index is 0.0199. The van der Waals surface area contributed by atoms with E-state index in [1.807, 2.05) is 15.7 Å². The molecule has 7 atom stereocenters. The van der Waals surface area contributed by atoms with Crippen molar-refractivity contribution in [2.24, 2.45) is 0 Å². The summed E-state index contributed by atoms with van der Waals surface area (Å²) in [5, 5.41) is 23.3. The van der Waals surface area contributed by atoms with Gasteiger partial charge in [-0.1, -0.05) is 18.2 Å². The van der Waals surface area contributed by atoms with Crippen molar-refractivity contribution in [1.82, 2.24) is 5.32 Å². The molecule has 3 heterocycles. The Bertz CT molecular complexity index is 787. The van der Waals surface area contributed by atoms with Gasteiger partial charge in [-0.15, -0.1) is 0 Å². The Hall–Kier alpha value is -0.700. The van der Waals surface area contributed by atoms with E-state index in [1.165, 1.54) is 11.1 Å². The van der Waals surface area contributed by atoms with Gasteiger partial charge >= 0.3 is 8.25 Å². The third-order valence-corrected chi connectivity index (χ3v) is 7.22. The van der Waals surface area contributed by atoms with E-state index in [0.717, 1.165) is 25.1 Å². The quantitative estimate of drug-likeness (QED) is 0.361. The van der Waals surface area contributed by atoms with Crippen LogP contribution in [0.15, 0.2) is 18.2 Å². The van der Waals surface area contributed by atoms with Gasteiger partial charge < -0.3 is 34.1 Å². The minimum Gasteiger partial charge on any atom is -0.394 e. The van der Waals surface area contributed by atoms with Gasteiger partial charge in [0.15, 0.2) is 0 Å². The van der Waals surface area contributed by atoms with Crippen LogP contribution in [0.5, 0.6) is 0 Å². The van der Waals surface area contributed by atoms with E-state index in [1.54, 1.807) is 0 Å². The summed E-state index contributed by atoms with van der Waals surface area (Å²) < 4.78 is 34.8. The molecule has 2 fully saturated rings. The average molecular weight is 437 g/mol. The number of hydrogen-bond donors (Lipinski definition) is 3. The first kappa shape index (κ1) is 22.5. The zero-order valence-electron chi connectivity index (χ0n) is 17.5. The molecular weight excluding hydrogens is 407 g/mol. The first-order valence-electron chi connectivity index (χ1n) is 10.7. The van der Waals surface area contributed by atoms with E-state index in [9.17, 15) is 14.8 Å². The molecule has 0 amide bonds. The first-order chi connectivity index (χ1) is 14.4. The van der Waals surface area contributed by atoms with Crippen molar-refractivity contribution >= 4 is 23.9 Å². The highest BCUT2D eigenvalue weighted by atomic mass is 31.1. The van der Waals surface area contributed by atoms with Crippen LogP contribution in [0.25, 0.3) is 0 Å². The van der Waals surface area contributed by atoms with E-state index < -0.39 is 38.2 Å². The van der Waals surface area contributed by atoms with Gasteiger partial charge in [-0.05, 0) is 36.1 Å². The lowest BCUT2D eigenvalue weighted by Crippen LogP contribution is -2.30. The second kappa shape index (κ2) is 9.43. The lowest BCUT2D eigenvalue weighted by atomic mass is 9.72. The van der Waals surface area contributed by atoms with Crippen LogP contribution in [0.1, 0.15) is 29.5 Å². The van der Waals surface area contributed by atoms with Crippen LogP contribution in [-0.4, -0.2) is 76.1 Å². The van der Waals surface area contributed by atoms with Crippen molar-refractivity contribution in [2.45, 2.75) is 61.7 Å². The molecule has 1 aromatic rings. The third kappa shape index (κ3) is 4.87. The van der Waals surface area contributed by atoms with Crippen molar-refractivity contribution in [3.63, 3.8) is 0 Å². The summed E-state index contributed by atoms with van der Waals surface area (Å²) in [5.41, 5.74) is 3.01. The zero-order chi connectivity index (χ0) is 21.3. The van der Waals surface area contributed by atoms with Crippen LogP contribution >= 0.6 is 8.25 Å². The second-order valence-electron chi connectivity index (χ2n) is 8.69. The maximum atomic E-state index is 12.3. The van der Waals surface area contributed by atoms with Gasteiger partial charge in [-0.25, -0.2) is 0 Å². The van der Waals surface area contributed by atoms with Crippen molar-refractivity contribution < 1.29 is 33.3 Å². The van der Waals surface area contributed by atoms with E-state index in [-0.39, 0.29) is 19.2 Å². The smallest absolute Gasteiger partial charge is 0.319 e. The van der Waals surface area contributed by atoms with E-state index in [4.69, 9.17) is 18.5 Å². The maximum Gasteiger partial charge on any atom is 0.319 e. The largest absolute Gasteiger partial charge is 0.394 e. The molecule has 164 valence electrons. The molecule has 1 aromatic carbocycles. The second-order valence-corrected chi connectivity index (χ2v) is 9.71. The Morgan fingerprint density at radius 3 is 2.97 bits per heavy atom. The highest BCUT2D eigenvalue weighted by Crippen LogP contribution is 2.40. The number of aliphatic hydroxyl groups is 2. The van der Waals surface area contributed by atoms with Crippen LogP contribution in [0.4, 0.5) is 0 Å². The molecule has 3 aliphatic rings. The Labute approximate surface area is 179 Å². The summed E-state index contributed by atoms with van der Waals surface area (Å²) in [6.07, 6.45) is -0.252. The Balaban J connectivity index is 1.33. The molecule has 2 saturated heterocycles. The molecule has 4 rings (SSSR count). The van der Waals surface area contributed by atoms with Crippen LogP contribution < -0.4 is 5.32 Å². The molecule has 0 bridgehead atoms. The fraction of sp³-hybridized carbons (Fsp3) is 0.684. The molecule has 3 N–H and O–H groups in total.